The number of unbranched alkanes of at least 4 members (excludes halogenated alkanes) is 2. The Morgan fingerprint density at radius 1 is 1.70 bits per heavy atom. The highest BCUT2D eigenvalue weighted by Crippen LogP contribution is 1.93. The molecule has 0 unspecified atom stereocenters. The molecule has 0 saturated carbocycles. The van der Waals surface area contributed by atoms with E-state index in [-0.39, 0.29) is 5.91 Å². The summed E-state index contributed by atoms with van der Waals surface area (Å²) in [7, 11) is 0. The van der Waals surface area contributed by atoms with Crippen LogP contribution in [0.25, 0.3) is 0 Å². The molecule has 0 heterocycles. The Labute approximate surface area is 61.3 Å². The zero-order valence-electron chi connectivity index (χ0n) is 6.26. The van der Waals surface area contributed by atoms with Crippen LogP contribution in [-0.4, -0.2) is 5.91 Å². The van der Waals surface area contributed by atoms with Crippen molar-refractivity contribution in [2.75, 3.05) is 0 Å². The van der Waals surface area contributed by atoms with Gasteiger partial charge in [-0.3, -0.25) is 10.2 Å². The van der Waals surface area contributed by atoms with Gasteiger partial charge in [0.25, 0.3) is 5.91 Å². The summed E-state index contributed by atoms with van der Waals surface area (Å²) in [6.45, 7) is 2.11. The maximum absolute atomic E-state index is 10.5. The smallest absolute Gasteiger partial charge is 0.257 e. The van der Waals surface area contributed by atoms with Gasteiger partial charge < -0.3 is 0 Å². The summed E-state index contributed by atoms with van der Waals surface area (Å²) >= 11 is 0. The van der Waals surface area contributed by atoms with Gasteiger partial charge in [-0.15, -0.1) is 0 Å². The van der Waals surface area contributed by atoms with Crippen LogP contribution in [0.1, 0.15) is 26.2 Å². The van der Waals surface area contributed by atoms with E-state index in [0.717, 1.165) is 19.3 Å². The first-order valence-electron chi connectivity index (χ1n) is 3.48. The SMILES string of the molecule is CCCC/C=C/C(=O)NN. The van der Waals surface area contributed by atoms with Gasteiger partial charge in [0.15, 0.2) is 0 Å². The molecule has 0 aromatic heterocycles. The number of carbonyl (C=O) groups excluding carboxylic acids is 1. The lowest BCUT2D eigenvalue weighted by Crippen LogP contribution is -2.27. The second-order valence-electron chi connectivity index (χ2n) is 2.05. The van der Waals surface area contributed by atoms with Crippen molar-refractivity contribution >= 4 is 5.91 Å². The maximum atomic E-state index is 10.5. The number of nitrogens with two attached hydrogens (primary N) is 1. The lowest BCUT2D eigenvalue weighted by Gasteiger charge is -1.89. The molecule has 0 aliphatic rings. The van der Waals surface area contributed by atoms with Gasteiger partial charge in [0, 0.05) is 6.08 Å². The quantitative estimate of drug-likeness (QED) is 0.200. The largest absolute Gasteiger partial charge is 0.291 e. The number of carbonyl (C=O) groups is 1. The molecule has 58 valence electrons. The molecule has 0 rings (SSSR count). The van der Waals surface area contributed by atoms with Crippen LogP contribution in [0.5, 0.6) is 0 Å². The Kier molecular flexibility index (Phi) is 5.77. The summed E-state index contributed by atoms with van der Waals surface area (Å²) in [4.78, 5) is 10.5. The minimum atomic E-state index is -0.240. The fourth-order valence-corrected chi connectivity index (χ4v) is 0.560. The normalized spacial score (nSPS) is 10.2. The molecule has 0 aliphatic heterocycles. The van der Waals surface area contributed by atoms with Gasteiger partial charge in [-0.1, -0.05) is 25.8 Å². The molecule has 0 aromatic rings. The van der Waals surface area contributed by atoms with Crippen LogP contribution in [-0.2, 0) is 4.79 Å². The van der Waals surface area contributed by atoms with Crippen molar-refractivity contribution in [1.82, 2.24) is 5.43 Å². The minimum absolute atomic E-state index is 0.240. The topological polar surface area (TPSA) is 55.1 Å². The number of nitrogens with one attached hydrogen (secondary N) is 1. The molecule has 0 aliphatic carbocycles. The average molecular weight is 142 g/mol. The summed E-state index contributed by atoms with van der Waals surface area (Å²) in [6, 6.07) is 0. The number of rotatable bonds is 4. The van der Waals surface area contributed by atoms with Crippen LogP contribution in [0.2, 0.25) is 0 Å². The van der Waals surface area contributed by atoms with Gasteiger partial charge in [-0.05, 0) is 6.42 Å². The summed E-state index contributed by atoms with van der Waals surface area (Å²) in [5, 5.41) is 0. The Hall–Kier alpha value is -0.830. The zero-order chi connectivity index (χ0) is 7.82. The van der Waals surface area contributed by atoms with Crippen molar-refractivity contribution in [3.05, 3.63) is 12.2 Å². The van der Waals surface area contributed by atoms with Gasteiger partial charge in [-0.2, -0.15) is 0 Å². The number of hydrogen-bond donors (Lipinski definition) is 2. The van der Waals surface area contributed by atoms with E-state index in [0.29, 0.717) is 0 Å². The maximum Gasteiger partial charge on any atom is 0.257 e. The molecular weight excluding hydrogens is 128 g/mol. The van der Waals surface area contributed by atoms with E-state index in [2.05, 4.69) is 6.92 Å². The highest BCUT2D eigenvalue weighted by atomic mass is 16.2. The molecule has 0 fully saturated rings. The van der Waals surface area contributed by atoms with Crippen molar-refractivity contribution in [2.45, 2.75) is 26.2 Å². The van der Waals surface area contributed by atoms with Crippen LogP contribution >= 0.6 is 0 Å². The molecule has 0 spiro atoms. The van der Waals surface area contributed by atoms with Gasteiger partial charge >= 0.3 is 0 Å². The molecule has 3 nitrogen and oxygen atoms in total. The molecule has 10 heavy (non-hydrogen) atoms. The minimum Gasteiger partial charge on any atom is -0.291 e. The predicted octanol–water partition coefficient (Wildman–Crippen LogP) is 0.723. The van der Waals surface area contributed by atoms with Crippen molar-refractivity contribution in [1.29, 1.82) is 0 Å². The Morgan fingerprint density at radius 3 is 2.90 bits per heavy atom. The fourth-order valence-electron chi connectivity index (χ4n) is 0.560. The predicted molar refractivity (Wildman–Crippen MR) is 41.0 cm³/mol. The first-order valence-corrected chi connectivity index (χ1v) is 3.48. The number of amides is 1. The Bertz CT molecular complexity index is 121. The van der Waals surface area contributed by atoms with E-state index in [9.17, 15) is 4.79 Å². The van der Waals surface area contributed by atoms with E-state index in [1.54, 1.807) is 0 Å². The highest BCUT2D eigenvalue weighted by molar-refractivity contribution is 5.86. The van der Waals surface area contributed by atoms with E-state index in [4.69, 9.17) is 5.84 Å². The molecule has 1 amide bonds. The lowest BCUT2D eigenvalue weighted by molar-refractivity contribution is -0.116. The third kappa shape index (κ3) is 5.31. The zero-order valence-corrected chi connectivity index (χ0v) is 6.26. The number of hydrazine groups is 1. The van der Waals surface area contributed by atoms with E-state index >= 15 is 0 Å². The highest BCUT2D eigenvalue weighted by Gasteiger charge is 1.85. The van der Waals surface area contributed by atoms with Crippen LogP contribution in [0.3, 0.4) is 0 Å². The van der Waals surface area contributed by atoms with Gasteiger partial charge in [0.1, 0.15) is 0 Å². The third-order valence-corrected chi connectivity index (χ3v) is 1.14. The summed E-state index contributed by atoms with van der Waals surface area (Å²) in [5.74, 6) is 4.60. The number of hydrogen-bond acceptors (Lipinski definition) is 2. The molecular formula is C7H14N2O. The Balaban J connectivity index is 3.27. The first-order chi connectivity index (χ1) is 4.81. The van der Waals surface area contributed by atoms with Crippen LogP contribution in [0.15, 0.2) is 12.2 Å². The average Bonchev–Trinajstić information content (AvgIpc) is 1.98. The fraction of sp³-hybridized carbons (Fsp3) is 0.571. The van der Waals surface area contributed by atoms with E-state index < -0.39 is 0 Å². The molecule has 3 heteroatoms. The summed E-state index contributed by atoms with van der Waals surface area (Å²) in [6.07, 6.45) is 6.49. The van der Waals surface area contributed by atoms with Crippen LogP contribution in [0, 0.1) is 0 Å². The molecule has 0 atom stereocenters. The third-order valence-electron chi connectivity index (χ3n) is 1.14. The monoisotopic (exact) mass is 142 g/mol. The standard InChI is InChI=1S/C7H14N2O/c1-2-3-4-5-6-7(10)9-8/h5-6H,2-4,8H2,1H3,(H,9,10)/b6-5+. The van der Waals surface area contributed by atoms with Gasteiger partial charge in [0.05, 0.1) is 0 Å². The van der Waals surface area contributed by atoms with Gasteiger partial charge in [0.2, 0.25) is 0 Å². The van der Waals surface area contributed by atoms with Crippen LogP contribution in [0.4, 0.5) is 0 Å². The van der Waals surface area contributed by atoms with Crippen molar-refractivity contribution in [3.8, 4) is 0 Å². The van der Waals surface area contributed by atoms with Crippen molar-refractivity contribution in [3.63, 3.8) is 0 Å². The molecule has 0 bridgehead atoms. The van der Waals surface area contributed by atoms with E-state index in [1.807, 2.05) is 11.5 Å². The molecule has 3 N–H and O–H groups in total. The molecule has 0 radical (unpaired) electrons. The van der Waals surface area contributed by atoms with Crippen molar-refractivity contribution < 1.29 is 4.79 Å². The molecule has 0 saturated heterocycles. The van der Waals surface area contributed by atoms with Gasteiger partial charge in [-0.25, -0.2) is 5.84 Å². The summed E-state index contributed by atoms with van der Waals surface area (Å²) in [5.41, 5.74) is 2.02. The number of allylic oxidation sites excluding steroid dienone is 1. The van der Waals surface area contributed by atoms with Crippen molar-refractivity contribution in [2.24, 2.45) is 5.84 Å². The van der Waals surface area contributed by atoms with E-state index in [1.165, 1.54) is 6.08 Å². The van der Waals surface area contributed by atoms with Crippen LogP contribution < -0.4 is 11.3 Å². The lowest BCUT2D eigenvalue weighted by atomic mass is 10.2. The second-order valence-corrected chi connectivity index (χ2v) is 2.05. The molecule has 0 aromatic carbocycles. The Morgan fingerprint density at radius 2 is 2.40 bits per heavy atom. The summed E-state index contributed by atoms with van der Waals surface area (Å²) < 4.78 is 0. The second kappa shape index (κ2) is 6.29. The first kappa shape index (κ1) is 9.17.